The molecule has 144 valence electrons. The van der Waals surface area contributed by atoms with E-state index in [0.29, 0.717) is 32.7 Å². The molecule has 1 fully saturated rings. The van der Waals surface area contributed by atoms with E-state index in [0.717, 1.165) is 11.8 Å². The molecule has 0 saturated carbocycles. The molecule has 0 unspecified atom stereocenters. The third-order valence-corrected chi connectivity index (χ3v) is 4.73. The molecule has 4 rings (SSSR count). The van der Waals surface area contributed by atoms with Gasteiger partial charge in [-0.25, -0.2) is 0 Å². The minimum absolute atomic E-state index is 0.0347. The van der Waals surface area contributed by atoms with Gasteiger partial charge in [-0.05, 0) is 30.0 Å². The van der Waals surface area contributed by atoms with Crippen LogP contribution in [0.25, 0.3) is 17.3 Å². The fourth-order valence-corrected chi connectivity index (χ4v) is 3.30. The zero-order valence-corrected chi connectivity index (χ0v) is 15.4. The van der Waals surface area contributed by atoms with Gasteiger partial charge < -0.3 is 4.42 Å². The Morgan fingerprint density at radius 2 is 2.17 bits per heavy atom. The Morgan fingerprint density at radius 3 is 2.97 bits per heavy atom. The lowest BCUT2D eigenvalue weighted by atomic mass is 10.1. The minimum atomic E-state index is -0.468. The van der Waals surface area contributed by atoms with Crippen LogP contribution in [0.3, 0.4) is 0 Å². The molecule has 1 saturated heterocycles. The number of carbonyl (C=O) groups excluding carboxylic acids is 1. The number of furan rings is 1. The first-order chi connectivity index (χ1) is 14.1. The summed E-state index contributed by atoms with van der Waals surface area (Å²) in [6.45, 7) is 0. The first-order valence-electron chi connectivity index (χ1n) is 8.24. The largest absolute Gasteiger partial charge is 0.463 e. The van der Waals surface area contributed by atoms with Crippen LogP contribution in [-0.4, -0.2) is 32.4 Å². The first kappa shape index (κ1) is 18.4. The van der Waals surface area contributed by atoms with Gasteiger partial charge in [0.05, 0.1) is 34.2 Å². The second-order valence-electron chi connectivity index (χ2n) is 5.74. The second-order valence-corrected chi connectivity index (χ2v) is 6.77. The van der Waals surface area contributed by atoms with E-state index in [-0.39, 0.29) is 11.6 Å². The maximum atomic E-state index is 12.2. The Bertz CT molecular complexity index is 1160. The van der Waals surface area contributed by atoms with E-state index >= 15 is 0 Å². The van der Waals surface area contributed by atoms with Gasteiger partial charge in [-0.1, -0.05) is 12.1 Å². The summed E-state index contributed by atoms with van der Waals surface area (Å²) < 4.78 is 5.11. The zero-order valence-electron chi connectivity index (χ0n) is 14.6. The number of nitro groups is 1. The van der Waals surface area contributed by atoms with E-state index in [2.05, 4.69) is 25.7 Å². The van der Waals surface area contributed by atoms with Crippen LogP contribution in [0.1, 0.15) is 11.3 Å². The van der Waals surface area contributed by atoms with Crippen LogP contribution in [0.2, 0.25) is 0 Å². The fourth-order valence-electron chi connectivity index (χ4n) is 2.53. The van der Waals surface area contributed by atoms with Crippen molar-refractivity contribution in [1.29, 1.82) is 0 Å². The van der Waals surface area contributed by atoms with Crippen molar-refractivity contribution >= 4 is 40.8 Å². The number of aromatic nitrogens is 2. The van der Waals surface area contributed by atoms with Crippen LogP contribution < -0.4 is 5.32 Å². The molecule has 2 aromatic heterocycles. The summed E-state index contributed by atoms with van der Waals surface area (Å²) in [5.41, 5.74) is 1.73. The summed E-state index contributed by atoms with van der Waals surface area (Å²) in [7, 11) is 0. The zero-order chi connectivity index (χ0) is 20.2. The smallest absolute Gasteiger partial charge is 0.270 e. The number of nitro benzene ring substituents is 1. The predicted octanol–water partition coefficient (Wildman–Crippen LogP) is 3.17. The van der Waals surface area contributed by atoms with Crippen molar-refractivity contribution in [3.05, 3.63) is 75.2 Å². The molecule has 0 bridgehead atoms. The Kier molecular flexibility index (Phi) is 5.03. The number of nitrogens with zero attached hydrogens (tertiary/aromatic N) is 4. The van der Waals surface area contributed by atoms with E-state index < -0.39 is 4.92 Å². The van der Waals surface area contributed by atoms with Crippen molar-refractivity contribution in [3.8, 4) is 11.3 Å². The Hall–Kier alpha value is -3.99. The molecule has 10 nitrogen and oxygen atoms in total. The number of hydrogen-bond acceptors (Lipinski definition) is 8. The number of thioether (sulfide) groups is 1. The van der Waals surface area contributed by atoms with Gasteiger partial charge in [-0.3, -0.25) is 25.3 Å². The number of benzene rings is 1. The molecule has 29 heavy (non-hydrogen) atoms. The van der Waals surface area contributed by atoms with Crippen molar-refractivity contribution < 1.29 is 14.1 Å². The molecule has 0 radical (unpaired) electrons. The van der Waals surface area contributed by atoms with Gasteiger partial charge in [0.25, 0.3) is 11.6 Å². The Balaban J connectivity index is 1.56. The van der Waals surface area contributed by atoms with Crippen LogP contribution in [-0.2, 0) is 4.79 Å². The fraction of sp³-hybridized carbons (Fsp3) is 0. The van der Waals surface area contributed by atoms with Crippen molar-refractivity contribution in [1.82, 2.24) is 15.5 Å². The number of carbonyl (C=O) groups is 1. The number of non-ortho nitro benzene ring substituents is 1. The highest BCUT2D eigenvalue weighted by Crippen LogP contribution is 2.30. The number of hydrogen-bond donors (Lipinski definition) is 2. The maximum Gasteiger partial charge on any atom is 0.270 e. The number of aromatic amines is 1. The molecule has 1 aromatic carbocycles. The normalized spacial score (nSPS) is 16.8. The van der Waals surface area contributed by atoms with Crippen molar-refractivity contribution in [2.45, 2.75) is 0 Å². The highest BCUT2D eigenvalue weighted by atomic mass is 32.2. The lowest BCUT2D eigenvalue weighted by Gasteiger charge is -2.00. The van der Waals surface area contributed by atoms with Gasteiger partial charge in [-0.2, -0.15) is 10.2 Å². The number of nitrogens with one attached hydrogen (secondary N) is 2. The molecule has 0 atom stereocenters. The maximum absolute atomic E-state index is 12.2. The molecule has 2 N–H and O–H groups in total. The Morgan fingerprint density at radius 1 is 1.28 bits per heavy atom. The molecule has 1 aliphatic rings. The third kappa shape index (κ3) is 4.14. The average Bonchev–Trinajstić information content (AvgIpc) is 3.45. The van der Waals surface area contributed by atoms with E-state index in [1.807, 2.05) is 0 Å². The predicted molar refractivity (Wildman–Crippen MR) is 108 cm³/mol. The van der Waals surface area contributed by atoms with E-state index in [9.17, 15) is 14.9 Å². The lowest BCUT2D eigenvalue weighted by Crippen LogP contribution is -2.19. The molecule has 11 heteroatoms. The number of H-pyrrole nitrogens is 1. The van der Waals surface area contributed by atoms with E-state index in [1.165, 1.54) is 24.6 Å². The van der Waals surface area contributed by atoms with Crippen LogP contribution in [0.5, 0.6) is 0 Å². The van der Waals surface area contributed by atoms with Gasteiger partial charge in [-0.15, -0.1) is 5.10 Å². The summed E-state index contributed by atoms with van der Waals surface area (Å²) in [6.07, 6.45) is 6.12. The number of amidine groups is 1. The van der Waals surface area contributed by atoms with Crippen molar-refractivity contribution in [2.24, 2.45) is 10.2 Å². The topological polar surface area (TPSA) is 139 Å². The van der Waals surface area contributed by atoms with Gasteiger partial charge in [0, 0.05) is 23.3 Å². The van der Waals surface area contributed by atoms with Crippen LogP contribution in [0, 0.1) is 10.1 Å². The van der Waals surface area contributed by atoms with Gasteiger partial charge in [0.15, 0.2) is 5.17 Å². The van der Waals surface area contributed by atoms with Gasteiger partial charge in [0.2, 0.25) is 0 Å². The van der Waals surface area contributed by atoms with Crippen molar-refractivity contribution in [3.63, 3.8) is 0 Å². The molecule has 3 heterocycles. The van der Waals surface area contributed by atoms with Gasteiger partial charge in [0.1, 0.15) is 5.76 Å². The Labute approximate surface area is 167 Å². The van der Waals surface area contributed by atoms with Gasteiger partial charge >= 0.3 is 0 Å². The highest BCUT2D eigenvalue weighted by molar-refractivity contribution is 8.18. The molecule has 1 amide bonds. The number of rotatable bonds is 5. The van der Waals surface area contributed by atoms with Crippen LogP contribution >= 0.6 is 11.8 Å². The molecule has 0 aliphatic carbocycles. The summed E-state index contributed by atoms with van der Waals surface area (Å²) >= 11 is 1.12. The number of amides is 1. The minimum Gasteiger partial charge on any atom is -0.463 e. The van der Waals surface area contributed by atoms with E-state index in [4.69, 9.17) is 4.42 Å². The standard InChI is InChI=1S/C18H12N6O4S/c25-17-15(29-18(21-17)23-20-10-14-5-2-6-28-14)8-12-9-19-22-16(12)11-3-1-4-13(7-11)24(26)27/h1-10H,(H,19,22)(H,21,23,25)/b15-8+,20-10+. The third-order valence-electron chi connectivity index (χ3n) is 3.83. The van der Waals surface area contributed by atoms with Crippen LogP contribution in [0.4, 0.5) is 5.69 Å². The quantitative estimate of drug-likeness (QED) is 0.288. The molecular weight excluding hydrogens is 396 g/mol. The average molecular weight is 408 g/mol. The molecular formula is C18H12N6O4S. The highest BCUT2D eigenvalue weighted by Gasteiger charge is 2.24. The summed E-state index contributed by atoms with van der Waals surface area (Å²) in [5.74, 6) is 0.215. The summed E-state index contributed by atoms with van der Waals surface area (Å²) in [4.78, 5) is 23.2. The molecule has 0 spiro atoms. The van der Waals surface area contributed by atoms with Crippen LogP contribution in [0.15, 0.2) is 68.4 Å². The first-order valence-corrected chi connectivity index (χ1v) is 9.05. The lowest BCUT2D eigenvalue weighted by molar-refractivity contribution is -0.384. The second kappa shape index (κ2) is 7.94. The molecule has 1 aliphatic heterocycles. The van der Waals surface area contributed by atoms with Crippen molar-refractivity contribution in [2.75, 3.05) is 0 Å². The summed E-state index contributed by atoms with van der Waals surface area (Å²) in [6, 6.07) is 9.61. The van der Waals surface area contributed by atoms with E-state index in [1.54, 1.807) is 36.5 Å². The summed E-state index contributed by atoms with van der Waals surface area (Å²) in [5, 5.41) is 28.6. The molecule has 3 aromatic rings. The SMILES string of the molecule is O=C1N/C(=N\N=C\c2ccco2)S/C1=C/c1cn[nH]c1-c1cccc([N+](=O)[O-])c1. The monoisotopic (exact) mass is 408 g/mol.